The van der Waals surface area contributed by atoms with Crippen LogP contribution in [0.1, 0.15) is 5.56 Å². The lowest BCUT2D eigenvalue weighted by Gasteiger charge is -2.10. The quantitative estimate of drug-likeness (QED) is 0.799. The number of nitrogens with zero attached hydrogens (tertiary/aromatic N) is 1. The minimum absolute atomic E-state index is 0.0308. The van der Waals surface area contributed by atoms with Crippen LogP contribution in [0.5, 0.6) is 0 Å². The Bertz CT molecular complexity index is 633. The molecule has 0 unspecified atom stereocenters. The minimum atomic E-state index is -0.599. The van der Waals surface area contributed by atoms with E-state index < -0.39 is 11.6 Å². The monoisotopic (exact) mass is 245 g/mol. The van der Waals surface area contributed by atoms with Crippen molar-refractivity contribution >= 4 is 17.1 Å². The molecule has 2 rings (SSSR count). The SMILES string of the molecule is N#Cc1cccc(Nc2cc(F)ccc2F)c1N. The third kappa shape index (κ3) is 2.23. The molecule has 3 nitrogen and oxygen atoms in total. The normalized spacial score (nSPS) is 9.83. The molecule has 5 heteroatoms. The van der Waals surface area contributed by atoms with E-state index in [1.165, 1.54) is 0 Å². The zero-order valence-corrected chi connectivity index (χ0v) is 9.24. The van der Waals surface area contributed by atoms with Gasteiger partial charge in [0.1, 0.15) is 17.7 Å². The molecule has 0 saturated carbocycles. The fourth-order valence-corrected chi connectivity index (χ4v) is 1.51. The molecule has 0 spiro atoms. The summed E-state index contributed by atoms with van der Waals surface area (Å²) in [7, 11) is 0. The average molecular weight is 245 g/mol. The highest BCUT2D eigenvalue weighted by molar-refractivity contribution is 5.77. The molecule has 2 aromatic rings. The van der Waals surface area contributed by atoms with E-state index in [1.54, 1.807) is 18.2 Å². The maximum Gasteiger partial charge on any atom is 0.146 e. The van der Waals surface area contributed by atoms with E-state index in [0.717, 1.165) is 18.2 Å². The zero-order chi connectivity index (χ0) is 13.1. The van der Waals surface area contributed by atoms with Gasteiger partial charge in [0.25, 0.3) is 0 Å². The van der Waals surface area contributed by atoms with Gasteiger partial charge in [-0.2, -0.15) is 5.26 Å². The Morgan fingerprint density at radius 2 is 1.89 bits per heavy atom. The number of para-hydroxylation sites is 1. The number of anilines is 3. The highest BCUT2D eigenvalue weighted by Crippen LogP contribution is 2.27. The third-order valence-electron chi connectivity index (χ3n) is 2.42. The molecule has 0 radical (unpaired) electrons. The van der Waals surface area contributed by atoms with Gasteiger partial charge in [-0.3, -0.25) is 0 Å². The maximum atomic E-state index is 13.4. The summed E-state index contributed by atoms with van der Waals surface area (Å²) in [4.78, 5) is 0. The lowest BCUT2D eigenvalue weighted by Crippen LogP contribution is -2.00. The molecular formula is C13H9F2N3. The third-order valence-corrected chi connectivity index (χ3v) is 2.42. The summed E-state index contributed by atoms with van der Waals surface area (Å²) in [5.41, 5.74) is 6.53. The Morgan fingerprint density at radius 3 is 2.61 bits per heavy atom. The lowest BCUT2D eigenvalue weighted by atomic mass is 10.1. The predicted octanol–water partition coefficient (Wildman–Crippen LogP) is 3.16. The summed E-state index contributed by atoms with van der Waals surface area (Å²) in [5.74, 6) is -1.16. The Kier molecular flexibility index (Phi) is 3.11. The van der Waals surface area contributed by atoms with Crippen LogP contribution in [-0.4, -0.2) is 0 Å². The van der Waals surface area contributed by atoms with E-state index in [-0.39, 0.29) is 16.9 Å². The van der Waals surface area contributed by atoms with Gasteiger partial charge in [-0.1, -0.05) is 6.07 Å². The second-order valence-electron chi connectivity index (χ2n) is 3.63. The number of nitriles is 1. The van der Waals surface area contributed by atoms with Crippen LogP contribution in [0.15, 0.2) is 36.4 Å². The van der Waals surface area contributed by atoms with Gasteiger partial charge in [-0.05, 0) is 24.3 Å². The van der Waals surface area contributed by atoms with Crippen LogP contribution >= 0.6 is 0 Å². The van der Waals surface area contributed by atoms with Crippen LogP contribution in [0.4, 0.5) is 25.8 Å². The fourth-order valence-electron chi connectivity index (χ4n) is 1.51. The van der Waals surface area contributed by atoms with Crippen molar-refractivity contribution < 1.29 is 8.78 Å². The first-order chi connectivity index (χ1) is 8.61. The molecule has 0 aliphatic carbocycles. The maximum absolute atomic E-state index is 13.4. The molecule has 18 heavy (non-hydrogen) atoms. The number of nitrogen functional groups attached to an aromatic ring is 1. The number of benzene rings is 2. The molecule has 0 heterocycles. The smallest absolute Gasteiger partial charge is 0.146 e. The first-order valence-corrected chi connectivity index (χ1v) is 5.12. The Labute approximate surface area is 102 Å². The van der Waals surface area contributed by atoms with Crippen molar-refractivity contribution in [3.63, 3.8) is 0 Å². The highest BCUT2D eigenvalue weighted by Gasteiger charge is 2.08. The van der Waals surface area contributed by atoms with Crippen LogP contribution < -0.4 is 11.1 Å². The summed E-state index contributed by atoms with van der Waals surface area (Å²) < 4.78 is 26.4. The van der Waals surface area contributed by atoms with Crippen LogP contribution in [0, 0.1) is 23.0 Å². The standard InChI is InChI=1S/C13H9F2N3/c14-9-4-5-10(15)12(6-9)18-11-3-1-2-8(7-16)13(11)17/h1-6,18H,17H2. The number of rotatable bonds is 2. The molecule has 0 amide bonds. The van der Waals surface area contributed by atoms with Crippen molar-refractivity contribution in [3.05, 3.63) is 53.6 Å². The van der Waals surface area contributed by atoms with Gasteiger partial charge >= 0.3 is 0 Å². The summed E-state index contributed by atoms with van der Waals surface area (Å²) in [6.07, 6.45) is 0. The Morgan fingerprint density at radius 1 is 1.11 bits per heavy atom. The molecule has 3 N–H and O–H groups in total. The zero-order valence-electron chi connectivity index (χ0n) is 9.24. The largest absolute Gasteiger partial charge is 0.396 e. The van der Waals surface area contributed by atoms with E-state index >= 15 is 0 Å². The fraction of sp³-hybridized carbons (Fsp3) is 0. The Hall–Kier alpha value is -2.61. The predicted molar refractivity (Wildman–Crippen MR) is 65.2 cm³/mol. The van der Waals surface area contributed by atoms with E-state index in [0.29, 0.717) is 5.69 Å². The summed E-state index contributed by atoms with van der Waals surface area (Å²) in [6, 6.07) is 9.71. The van der Waals surface area contributed by atoms with Crippen molar-refractivity contribution in [1.82, 2.24) is 0 Å². The van der Waals surface area contributed by atoms with Gasteiger partial charge in [0.05, 0.1) is 22.6 Å². The minimum Gasteiger partial charge on any atom is -0.396 e. The van der Waals surface area contributed by atoms with Crippen LogP contribution in [0.2, 0.25) is 0 Å². The van der Waals surface area contributed by atoms with Crippen molar-refractivity contribution in [2.75, 3.05) is 11.1 Å². The molecule has 0 aliphatic heterocycles. The highest BCUT2D eigenvalue weighted by atomic mass is 19.1. The molecular weight excluding hydrogens is 236 g/mol. The molecule has 0 bridgehead atoms. The van der Waals surface area contributed by atoms with E-state index in [9.17, 15) is 8.78 Å². The molecule has 0 saturated heterocycles. The lowest BCUT2D eigenvalue weighted by molar-refractivity contribution is 0.603. The van der Waals surface area contributed by atoms with Crippen molar-refractivity contribution in [3.8, 4) is 6.07 Å². The summed E-state index contributed by atoms with van der Waals surface area (Å²) in [5, 5.41) is 11.5. The average Bonchev–Trinajstić information content (AvgIpc) is 2.36. The number of hydrogen-bond acceptors (Lipinski definition) is 3. The van der Waals surface area contributed by atoms with Gasteiger partial charge in [0.2, 0.25) is 0 Å². The number of halogens is 2. The summed E-state index contributed by atoms with van der Waals surface area (Å²) in [6.45, 7) is 0. The molecule has 0 aliphatic rings. The molecule has 0 aromatic heterocycles. The molecule has 90 valence electrons. The van der Waals surface area contributed by atoms with Gasteiger partial charge < -0.3 is 11.1 Å². The first-order valence-electron chi connectivity index (χ1n) is 5.12. The molecule has 0 fully saturated rings. The van der Waals surface area contributed by atoms with Crippen LogP contribution in [-0.2, 0) is 0 Å². The number of nitrogens with two attached hydrogens (primary N) is 1. The van der Waals surface area contributed by atoms with Crippen molar-refractivity contribution in [2.24, 2.45) is 0 Å². The second kappa shape index (κ2) is 4.72. The number of hydrogen-bond donors (Lipinski definition) is 2. The van der Waals surface area contributed by atoms with E-state index in [1.807, 2.05) is 6.07 Å². The van der Waals surface area contributed by atoms with Crippen LogP contribution in [0.3, 0.4) is 0 Å². The van der Waals surface area contributed by atoms with Gasteiger partial charge in [0, 0.05) is 6.07 Å². The van der Waals surface area contributed by atoms with E-state index in [2.05, 4.69) is 5.32 Å². The van der Waals surface area contributed by atoms with Crippen LogP contribution in [0.25, 0.3) is 0 Å². The molecule has 2 aromatic carbocycles. The van der Waals surface area contributed by atoms with E-state index in [4.69, 9.17) is 11.0 Å². The summed E-state index contributed by atoms with van der Waals surface area (Å²) >= 11 is 0. The van der Waals surface area contributed by atoms with Crippen molar-refractivity contribution in [2.45, 2.75) is 0 Å². The van der Waals surface area contributed by atoms with Gasteiger partial charge in [-0.25, -0.2) is 8.78 Å². The van der Waals surface area contributed by atoms with Gasteiger partial charge in [-0.15, -0.1) is 0 Å². The second-order valence-corrected chi connectivity index (χ2v) is 3.63. The Balaban J connectivity index is 2.41. The number of nitrogens with one attached hydrogen (secondary N) is 1. The first kappa shape index (κ1) is 11.9. The topological polar surface area (TPSA) is 61.8 Å². The molecule has 0 atom stereocenters. The van der Waals surface area contributed by atoms with Crippen molar-refractivity contribution in [1.29, 1.82) is 5.26 Å². The van der Waals surface area contributed by atoms with Gasteiger partial charge in [0.15, 0.2) is 0 Å².